The number of phosphoric ester groups is 1. The molecule has 0 aliphatic carbocycles. The third-order valence-electron chi connectivity index (χ3n) is 11.3. The highest BCUT2D eigenvalue weighted by atomic mass is 31.3. The number of nitrogens with zero attached hydrogens (tertiary/aromatic N) is 7. The minimum absolute atomic E-state index is 0. The molecule has 78 heavy (non-hydrogen) atoms. The number of nitrogens with two attached hydrogens (primary N) is 1. The van der Waals surface area contributed by atoms with Crippen LogP contribution in [0, 0.1) is 25.7 Å². The molecule has 0 radical (unpaired) electrons. The van der Waals surface area contributed by atoms with Gasteiger partial charge in [-0.1, -0.05) is 37.9 Å². The first-order valence-electron chi connectivity index (χ1n) is 23.1. The van der Waals surface area contributed by atoms with Crippen LogP contribution in [-0.2, 0) is 50.6 Å². The monoisotopic (exact) mass is 1150 g/mol. The van der Waals surface area contributed by atoms with Crippen molar-refractivity contribution < 1.29 is 88.0 Å². The number of phosphoric acid groups is 2. The zero-order chi connectivity index (χ0) is 55.4. The largest absolute Gasteiger partial charge is 0.778 e. The Balaban J connectivity index is 0.00000656. The van der Waals surface area contributed by atoms with E-state index in [-0.39, 0.29) is 108 Å². The quantitative estimate of drug-likeness (QED) is 0.0186. The second-order valence-corrected chi connectivity index (χ2v) is 22.0. The number of benzene rings is 1. The Morgan fingerprint density at radius 3 is 2.56 bits per heavy atom. The highest BCUT2D eigenvalue weighted by Crippen LogP contribution is 2.61. The number of anilines is 1. The van der Waals surface area contributed by atoms with Crippen molar-refractivity contribution in [3.05, 3.63) is 103 Å². The molecule has 3 aliphatic rings. The van der Waals surface area contributed by atoms with Crippen LogP contribution >= 0.6 is 23.2 Å². The molecule has 4 unspecified atom stereocenters. The second-order valence-electron chi connectivity index (χ2n) is 17.1. The van der Waals surface area contributed by atoms with E-state index in [1.54, 1.807) is 56.3 Å². The Bertz CT molecular complexity index is 3130. The number of rotatable bonds is 27. The van der Waals surface area contributed by atoms with Crippen LogP contribution in [0.5, 0.6) is 5.75 Å². The molecule has 6 atom stereocenters. The van der Waals surface area contributed by atoms with E-state index < -0.39 is 79.5 Å². The lowest BCUT2D eigenvalue weighted by Crippen LogP contribution is -2.50. The molecule has 426 valence electrons. The molecule has 2 amide bonds. The summed E-state index contributed by atoms with van der Waals surface area (Å²) >= 11 is 0. The van der Waals surface area contributed by atoms with Crippen molar-refractivity contribution in [1.82, 2.24) is 24.7 Å². The van der Waals surface area contributed by atoms with Crippen LogP contribution in [-0.4, -0.2) is 114 Å². The van der Waals surface area contributed by atoms with E-state index >= 15 is 8.63 Å². The van der Waals surface area contributed by atoms with Crippen molar-refractivity contribution in [1.29, 1.82) is 0 Å². The Morgan fingerprint density at radius 2 is 1.83 bits per heavy atom. The maximum Gasteiger partial charge on any atom is 0.737 e. The average Bonchev–Trinajstić information content (AvgIpc) is 4.10. The molecular formula is C45H59BF2N10O17P3-3. The van der Waals surface area contributed by atoms with Gasteiger partial charge in [-0.05, 0) is 74.2 Å². The van der Waals surface area contributed by atoms with Crippen LogP contribution in [0.2, 0.25) is 0 Å². The summed E-state index contributed by atoms with van der Waals surface area (Å²) in [5, 5.41) is 8.79. The van der Waals surface area contributed by atoms with Crippen LogP contribution in [0.3, 0.4) is 0 Å². The molecule has 0 saturated carbocycles. The summed E-state index contributed by atoms with van der Waals surface area (Å²) in [6.45, 7) is -1.98. The van der Waals surface area contributed by atoms with E-state index in [4.69, 9.17) is 30.2 Å². The molecule has 0 spiro atoms. The lowest BCUT2D eigenvalue weighted by molar-refractivity contribution is -0.362. The lowest BCUT2D eigenvalue weighted by atomic mass is 9.90. The topological polar surface area (TPSA) is 378 Å². The Labute approximate surface area is 447 Å². The van der Waals surface area contributed by atoms with Crippen molar-refractivity contribution in [2.45, 2.75) is 85.8 Å². The molecule has 4 N–H and O–H groups in total. The van der Waals surface area contributed by atoms with Gasteiger partial charge in [-0.25, -0.2) is 9.11 Å². The van der Waals surface area contributed by atoms with Crippen LogP contribution in [0.25, 0.3) is 16.5 Å². The summed E-state index contributed by atoms with van der Waals surface area (Å²) < 4.78 is 103. The second kappa shape index (κ2) is 28.1. The van der Waals surface area contributed by atoms with Gasteiger partial charge in [0.25, 0.3) is 21.6 Å². The fourth-order valence-corrected chi connectivity index (χ4v) is 11.4. The van der Waals surface area contributed by atoms with E-state index in [1.165, 1.54) is 12.3 Å². The van der Waals surface area contributed by atoms with Crippen LogP contribution < -0.4 is 41.5 Å². The maximum atomic E-state index is 15.7. The van der Waals surface area contributed by atoms with Gasteiger partial charge in [0.15, 0.2) is 11.9 Å². The van der Waals surface area contributed by atoms with E-state index in [1.807, 2.05) is 0 Å². The number of ether oxygens (including phenoxy) is 4. The van der Waals surface area contributed by atoms with Crippen molar-refractivity contribution in [2.24, 2.45) is 5.11 Å². The smallest absolute Gasteiger partial charge is 0.737 e. The first kappa shape index (κ1) is 64.4. The Kier molecular flexibility index (Phi) is 23.2. The number of nitrogen functional groups attached to an aromatic ring is 1. The fourth-order valence-electron chi connectivity index (χ4n) is 8.00. The number of Topliss-reactive ketones (excluding diaryl/α,β-unsaturated/α-hetero) is 1. The van der Waals surface area contributed by atoms with Crippen LogP contribution in [0.15, 0.2) is 64.3 Å². The molecule has 33 heteroatoms. The van der Waals surface area contributed by atoms with Crippen molar-refractivity contribution in [2.75, 3.05) is 58.5 Å². The molecule has 3 aliphatic heterocycles. The molecule has 1 saturated heterocycles. The number of aryl methyl sites for hydroxylation is 2. The zero-order valence-corrected chi connectivity index (χ0v) is 43.6. The van der Waals surface area contributed by atoms with Crippen molar-refractivity contribution in [3.8, 4) is 17.6 Å². The third-order valence-corrected chi connectivity index (χ3v) is 15.3. The highest BCUT2D eigenvalue weighted by Gasteiger charge is 2.52. The fraction of sp³-hybridized carbons (Fsp3) is 0.467. The van der Waals surface area contributed by atoms with Crippen LogP contribution in [0.1, 0.15) is 92.5 Å². The number of hydrogen-bond donors (Lipinski definition) is 3. The molecule has 2 aromatic heterocycles. The number of carbonyl (C=O) groups excluding carboxylic acids is 3. The number of allylic oxidation sites excluding steroid dienone is 2. The minimum Gasteiger partial charge on any atom is -0.778 e. The zero-order valence-electron chi connectivity index (χ0n) is 40.9. The van der Waals surface area contributed by atoms with Gasteiger partial charge in [0.05, 0.1) is 38.0 Å². The van der Waals surface area contributed by atoms with E-state index in [2.05, 4.69) is 50.6 Å². The average molecular weight is 1150 g/mol. The van der Waals surface area contributed by atoms with Crippen LogP contribution in [0.4, 0.5) is 14.4 Å². The molecule has 1 fully saturated rings. The van der Waals surface area contributed by atoms with Gasteiger partial charge in [0, 0.05) is 73.1 Å². The maximum absolute atomic E-state index is 15.7. The van der Waals surface area contributed by atoms with Gasteiger partial charge in [-0.15, -0.1) is 0 Å². The number of fused-ring (bicyclic) bond motifs is 2. The van der Waals surface area contributed by atoms with E-state index in [0.29, 0.717) is 35.9 Å². The number of hydrogen-bond acceptors (Lipinski definition) is 20. The van der Waals surface area contributed by atoms with E-state index in [9.17, 15) is 47.6 Å². The van der Waals surface area contributed by atoms with E-state index in [0.717, 1.165) is 19.1 Å². The van der Waals surface area contributed by atoms with Gasteiger partial charge >= 0.3 is 12.7 Å². The van der Waals surface area contributed by atoms with Gasteiger partial charge in [-0.2, -0.15) is 4.98 Å². The standard InChI is InChI=1S/C43H54BF2N10O17P3.2CH4/c1-28-21-29(2)55-37(28)23-33-12-11-32(56(33)44(55,45)46)13-14-34(57)9-6-18-50-42(59)30-7-4-10-35(22-30)69-27-39(52-53-48)68-20-19-67-26-38(58)49-17-5-8-31-24-54(43(60)51-41(31)47)40-16-15-36(71-40)25-70-75(63,64)73-76(65,66)72-74(3,61)62;;/h4,7,10-12,21-24,36,39-40H,6,9,13-20,25-27H2,1-3H3,(H,49,58)(H,50,59)(H,61,62)(H,63,64)(H,65,66)(H2,47,51,60);2*1H4/p-3/t36-,39?,40+;;/m0../s1. The number of amides is 2. The molecule has 27 nitrogen and oxygen atoms in total. The Hall–Kier alpha value is -6.14. The molecule has 6 rings (SSSR count). The van der Waals surface area contributed by atoms with Gasteiger partial charge < -0.3 is 76.7 Å². The number of carbonyl (C=O) groups is 3. The summed E-state index contributed by atoms with van der Waals surface area (Å²) in [4.78, 5) is 91.6. The summed E-state index contributed by atoms with van der Waals surface area (Å²) in [6.07, 6.45) is 4.02. The van der Waals surface area contributed by atoms with Gasteiger partial charge in [-0.3, -0.25) is 32.4 Å². The number of halogens is 2. The predicted molar refractivity (Wildman–Crippen MR) is 273 cm³/mol. The number of aromatic nitrogens is 3. The van der Waals surface area contributed by atoms with Crippen molar-refractivity contribution in [3.63, 3.8) is 0 Å². The summed E-state index contributed by atoms with van der Waals surface area (Å²) in [6, 6.07) is 7.88. The SMILES string of the molecule is C.C.Cc1cc(C)n2c1C=C1C=CC(CCC(=O)CCCNC(=O)c3cccc(OCC(N=[N+]=[N-])OCCOCC(=O)NCC#Cc4cn([C@H]5CC[C@@H](COP(=O)([O-])OP(=O)([O-])OP(C)(=O)[O-])O5)c(=O)nc4N)c3)=[N+]1[B-]2(F)F. The van der Waals surface area contributed by atoms with Crippen molar-refractivity contribution >= 4 is 65.4 Å². The normalized spacial score (nSPS) is 18.6. The summed E-state index contributed by atoms with van der Waals surface area (Å²) in [5.74, 6) is 4.19. The highest BCUT2D eigenvalue weighted by molar-refractivity contribution is 7.66. The summed E-state index contributed by atoms with van der Waals surface area (Å²) in [5.41, 5.74) is 16.8. The molecule has 1 aromatic carbocycles. The van der Waals surface area contributed by atoms with Gasteiger partial charge in [0.1, 0.15) is 50.1 Å². The Morgan fingerprint density at radius 1 is 1.08 bits per heavy atom. The predicted octanol–water partition coefficient (Wildman–Crippen LogP) is 3.74. The van der Waals surface area contributed by atoms with Gasteiger partial charge in [0.2, 0.25) is 5.91 Å². The minimum atomic E-state index is -5.85. The molecule has 5 heterocycles. The number of azide groups is 1. The number of ketones is 1. The molecule has 0 bridgehead atoms. The summed E-state index contributed by atoms with van der Waals surface area (Å²) in [7, 11) is -16.4. The number of nitrogens with one attached hydrogen (secondary N) is 2. The third kappa shape index (κ3) is 18.2. The molecular weight excluding hydrogens is 1090 g/mol. The first-order valence-corrected chi connectivity index (χ1v) is 28.1. The lowest BCUT2D eigenvalue weighted by Gasteiger charge is -2.33. The first-order chi connectivity index (χ1) is 35.8. The molecule has 3 aromatic rings.